The summed E-state index contributed by atoms with van der Waals surface area (Å²) in [5, 5.41) is 8.72. The zero-order valence-electron chi connectivity index (χ0n) is 12.2. The minimum Gasteiger partial charge on any atom is -0.347 e. The molecule has 21 heavy (non-hydrogen) atoms. The number of aromatic nitrogens is 3. The summed E-state index contributed by atoms with van der Waals surface area (Å²) < 4.78 is 1.82. The molecule has 7 nitrogen and oxygen atoms in total. The molecule has 0 saturated carbocycles. The van der Waals surface area contributed by atoms with Crippen LogP contribution in [-0.2, 0) is 9.59 Å². The predicted molar refractivity (Wildman–Crippen MR) is 80.0 cm³/mol. The van der Waals surface area contributed by atoms with Crippen LogP contribution in [0.25, 0.3) is 5.65 Å². The molecule has 0 N–H and O–H groups in total. The topological polar surface area (TPSA) is 70.8 Å². The second-order valence-corrected chi connectivity index (χ2v) is 5.68. The summed E-state index contributed by atoms with van der Waals surface area (Å²) >= 11 is 1.30. The van der Waals surface area contributed by atoms with Crippen molar-refractivity contribution in [1.29, 1.82) is 0 Å². The van der Waals surface area contributed by atoms with Gasteiger partial charge in [0, 0.05) is 27.3 Å². The number of amides is 2. The molecule has 0 aromatic carbocycles. The number of carbonyl (C=O) groups is 2. The number of carbonyl (C=O) groups excluding carboxylic acids is 2. The molecule has 0 aliphatic heterocycles. The normalized spacial score (nSPS) is 10.6. The minimum absolute atomic E-state index is 0.0764. The minimum atomic E-state index is -0.122. The third-order valence-electron chi connectivity index (χ3n) is 2.90. The first-order valence-corrected chi connectivity index (χ1v) is 7.34. The smallest absolute Gasteiger partial charge is 0.241 e. The van der Waals surface area contributed by atoms with Crippen molar-refractivity contribution in [2.45, 2.75) is 5.16 Å². The van der Waals surface area contributed by atoms with Crippen molar-refractivity contribution in [2.75, 3.05) is 33.4 Å². The van der Waals surface area contributed by atoms with Crippen LogP contribution in [-0.4, -0.2) is 69.7 Å². The lowest BCUT2D eigenvalue weighted by molar-refractivity contribution is -0.136. The van der Waals surface area contributed by atoms with Crippen LogP contribution in [0, 0.1) is 0 Å². The van der Waals surface area contributed by atoms with E-state index < -0.39 is 0 Å². The van der Waals surface area contributed by atoms with Gasteiger partial charge < -0.3 is 9.80 Å². The van der Waals surface area contributed by atoms with Crippen molar-refractivity contribution in [2.24, 2.45) is 0 Å². The van der Waals surface area contributed by atoms with Crippen molar-refractivity contribution in [3.05, 3.63) is 24.4 Å². The first-order valence-electron chi connectivity index (χ1n) is 6.35. The van der Waals surface area contributed by atoms with Gasteiger partial charge in [-0.05, 0) is 12.1 Å². The lowest BCUT2D eigenvalue weighted by Crippen LogP contribution is -2.38. The van der Waals surface area contributed by atoms with Gasteiger partial charge in [0.25, 0.3) is 0 Å². The van der Waals surface area contributed by atoms with E-state index in [1.165, 1.54) is 21.6 Å². The number of pyridine rings is 1. The highest BCUT2D eigenvalue weighted by atomic mass is 32.2. The fraction of sp³-hybridized carbons (Fsp3) is 0.385. The number of nitrogens with zero attached hydrogens (tertiary/aromatic N) is 5. The molecule has 0 fully saturated rings. The van der Waals surface area contributed by atoms with E-state index in [0.29, 0.717) is 5.16 Å². The first-order chi connectivity index (χ1) is 9.99. The predicted octanol–water partition coefficient (Wildman–Crippen LogP) is 0.368. The molecule has 0 aliphatic carbocycles. The Morgan fingerprint density at radius 1 is 1.19 bits per heavy atom. The summed E-state index contributed by atoms with van der Waals surface area (Å²) in [6, 6.07) is 5.61. The molecule has 2 rings (SSSR count). The quantitative estimate of drug-likeness (QED) is 0.746. The number of hydrogen-bond donors (Lipinski definition) is 0. The Bertz CT molecular complexity index is 655. The highest BCUT2D eigenvalue weighted by molar-refractivity contribution is 7.99. The van der Waals surface area contributed by atoms with Crippen LogP contribution in [0.4, 0.5) is 0 Å². The Balaban J connectivity index is 1.93. The van der Waals surface area contributed by atoms with Crippen molar-refractivity contribution < 1.29 is 9.59 Å². The van der Waals surface area contributed by atoms with Crippen LogP contribution < -0.4 is 0 Å². The summed E-state index contributed by atoms with van der Waals surface area (Å²) in [5.74, 6) is -0.0148. The van der Waals surface area contributed by atoms with E-state index in [1.807, 2.05) is 28.8 Å². The van der Waals surface area contributed by atoms with E-state index in [4.69, 9.17) is 0 Å². The molecule has 0 atom stereocenters. The Labute approximate surface area is 126 Å². The molecule has 0 radical (unpaired) electrons. The summed E-state index contributed by atoms with van der Waals surface area (Å²) in [6.45, 7) is 0.0764. The van der Waals surface area contributed by atoms with E-state index in [1.54, 1.807) is 21.1 Å². The van der Waals surface area contributed by atoms with Gasteiger partial charge in [0.2, 0.25) is 11.8 Å². The van der Waals surface area contributed by atoms with Crippen LogP contribution in [0.1, 0.15) is 0 Å². The summed E-state index contributed by atoms with van der Waals surface area (Å²) in [5.41, 5.74) is 0.739. The molecular weight excluding hydrogens is 290 g/mol. The summed E-state index contributed by atoms with van der Waals surface area (Å²) in [4.78, 5) is 26.4. The molecule has 0 saturated heterocycles. The van der Waals surface area contributed by atoms with Gasteiger partial charge in [0.15, 0.2) is 10.8 Å². The maximum absolute atomic E-state index is 12.0. The van der Waals surface area contributed by atoms with E-state index >= 15 is 0 Å². The zero-order chi connectivity index (χ0) is 15.4. The molecule has 2 heterocycles. The highest BCUT2D eigenvalue weighted by Gasteiger charge is 2.15. The van der Waals surface area contributed by atoms with Gasteiger partial charge in [-0.15, -0.1) is 10.2 Å². The van der Waals surface area contributed by atoms with Gasteiger partial charge in [0.1, 0.15) is 0 Å². The van der Waals surface area contributed by atoms with Gasteiger partial charge in [-0.3, -0.25) is 14.0 Å². The SMILES string of the molecule is CN(C)C(=O)CN(C)C(=O)CSc1nnc2ccccn12. The molecular formula is C13H17N5O2S. The van der Waals surface area contributed by atoms with Crippen molar-refractivity contribution in [3.63, 3.8) is 0 Å². The van der Waals surface area contributed by atoms with Gasteiger partial charge >= 0.3 is 0 Å². The van der Waals surface area contributed by atoms with Gasteiger partial charge in [0.05, 0.1) is 12.3 Å². The maximum atomic E-state index is 12.0. The first kappa shape index (κ1) is 15.3. The molecule has 2 aromatic rings. The third-order valence-corrected chi connectivity index (χ3v) is 3.83. The molecule has 2 amide bonds. The summed E-state index contributed by atoms with van der Waals surface area (Å²) in [7, 11) is 4.95. The number of thioether (sulfide) groups is 1. The van der Waals surface area contributed by atoms with Crippen LogP contribution in [0.3, 0.4) is 0 Å². The molecule has 0 bridgehead atoms. The van der Waals surface area contributed by atoms with Crippen LogP contribution in [0.5, 0.6) is 0 Å². The zero-order valence-corrected chi connectivity index (χ0v) is 13.0. The van der Waals surface area contributed by atoms with Gasteiger partial charge in [-0.2, -0.15) is 0 Å². The van der Waals surface area contributed by atoms with E-state index in [9.17, 15) is 9.59 Å². The van der Waals surface area contributed by atoms with Crippen molar-refractivity contribution >= 4 is 29.2 Å². The monoisotopic (exact) mass is 307 g/mol. The molecule has 112 valence electrons. The Hall–Kier alpha value is -2.09. The second kappa shape index (κ2) is 6.57. The third kappa shape index (κ3) is 3.72. The number of hydrogen-bond acceptors (Lipinski definition) is 5. The molecule has 8 heteroatoms. The number of likely N-dealkylation sites (N-methyl/N-ethyl adjacent to an activating group) is 2. The van der Waals surface area contributed by atoms with Crippen molar-refractivity contribution in [1.82, 2.24) is 24.4 Å². The average Bonchev–Trinajstić information content (AvgIpc) is 2.87. The summed E-state index contributed by atoms with van der Waals surface area (Å²) in [6.07, 6.45) is 1.85. The lowest BCUT2D eigenvalue weighted by atomic mass is 10.4. The standard InChI is InChI=1S/C13H17N5O2S/c1-16(2)11(19)8-17(3)12(20)9-21-13-15-14-10-6-4-5-7-18(10)13/h4-7H,8-9H2,1-3H3. The lowest BCUT2D eigenvalue weighted by Gasteiger charge is -2.18. The molecule has 0 unspecified atom stereocenters. The van der Waals surface area contributed by atoms with Crippen LogP contribution >= 0.6 is 11.8 Å². The van der Waals surface area contributed by atoms with E-state index in [0.717, 1.165) is 5.65 Å². The van der Waals surface area contributed by atoms with Crippen molar-refractivity contribution in [3.8, 4) is 0 Å². The van der Waals surface area contributed by atoms with E-state index in [-0.39, 0.29) is 24.1 Å². The molecule has 0 spiro atoms. The fourth-order valence-corrected chi connectivity index (χ4v) is 2.45. The second-order valence-electron chi connectivity index (χ2n) is 4.74. The Morgan fingerprint density at radius 3 is 2.67 bits per heavy atom. The average molecular weight is 307 g/mol. The molecule has 0 aliphatic rings. The van der Waals surface area contributed by atoms with Crippen LogP contribution in [0.15, 0.2) is 29.6 Å². The maximum Gasteiger partial charge on any atom is 0.241 e. The van der Waals surface area contributed by atoms with Crippen LogP contribution in [0.2, 0.25) is 0 Å². The van der Waals surface area contributed by atoms with E-state index in [2.05, 4.69) is 10.2 Å². The largest absolute Gasteiger partial charge is 0.347 e. The Morgan fingerprint density at radius 2 is 1.95 bits per heavy atom. The fourth-order valence-electron chi connectivity index (χ4n) is 1.59. The number of rotatable bonds is 5. The number of fused-ring (bicyclic) bond motifs is 1. The molecule has 2 aromatic heterocycles. The van der Waals surface area contributed by atoms with Gasteiger partial charge in [-0.1, -0.05) is 17.8 Å². The highest BCUT2D eigenvalue weighted by Crippen LogP contribution is 2.16. The Kier molecular flexibility index (Phi) is 4.79. The van der Waals surface area contributed by atoms with Gasteiger partial charge in [-0.25, -0.2) is 0 Å².